The van der Waals surface area contributed by atoms with Gasteiger partial charge in [0.05, 0.1) is 12.6 Å². The van der Waals surface area contributed by atoms with Crippen molar-refractivity contribution in [1.82, 2.24) is 0 Å². The summed E-state index contributed by atoms with van der Waals surface area (Å²) in [7, 11) is 0. The Balaban J connectivity index is 3.25. The summed E-state index contributed by atoms with van der Waals surface area (Å²) in [5.74, 6) is 0. The third kappa shape index (κ3) is 5.10. The quantitative estimate of drug-likeness (QED) is 0.320. The van der Waals surface area contributed by atoms with E-state index >= 15 is 0 Å². The molecular weight excluding hydrogens is 122 g/mol. The largest absolute Gasteiger partial charge is 0.396 e. The van der Waals surface area contributed by atoms with E-state index in [4.69, 9.17) is 15.7 Å². The van der Waals surface area contributed by atoms with Crippen LogP contribution in [0.4, 0.5) is 0 Å². The molecule has 0 fully saturated rings. The van der Waals surface area contributed by atoms with Gasteiger partial charge in [0.1, 0.15) is 0 Å². The summed E-state index contributed by atoms with van der Waals surface area (Å²) in [5, 5.41) is 20.1. The zero-order valence-electron chi connectivity index (χ0n) is 4.93. The summed E-state index contributed by atoms with van der Waals surface area (Å²) in [4.78, 5) is 2.44. The fourth-order valence-electron chi connectivity index (χ4n) is 0.371. The van der Waals surface area contributed by atoms with Gasteiger partial charge in [-0.15, -0.1) is 0 Å². The van der Waals surface area contributed by atoms with Gasteiger partial charge in [-0.1, -0.05) is 5.11 Å². The summed E-state index contributed by atoms with van der Waals surface area (Å²) in [6.07, 6.45) is -0.440. The van der Waals surface area contributed by atoms with Crippen LogP contribution in [0.25, 0.3) is 10.4 Å². The topological polar surface area (TPSA) is 89.2 Å². The normalized spacial score (nSPS) is 12.2. The number of nitrogens with zero attached hydrogens (tertiary/aromatic N) is 3. The van der Waals surface area contributed by atoms with Crippen molar-refractivity contribution in [3.05, 3.63) is 10.4 Å². The average Bonchev–Trinajstić information content (AvgIpc) is 1.85. The van der Waals surface area contributed by atoms with Crippen molar-refractivity contribution >= 4 is 0 Å². The van der Waals surface area contributed by atoms with E-state index in [9.17, 15) is 0 Å². The molecular formula is C4H9N3O2. The second kappa shape index (κ2) is 5.37. The monoisotopic (exact) mass is 131 g/mol. The van der Waals surface area contributed by atoms with Crippen LogP contribution in [0.2, 0.25) is 0 Å². The lowest BCUT2D eigenvalue weighted by atomic mass is 10.3. The number of hydrogen-bond acceptors (Lipinski definition) is 3. The zero-order valence-corrected chi connectivity index (χ0v) is 4.93. The predicted molar refractivity (Wildman–Crippen MR) is 31.7 cm³/mol. The van der Waals surface area contributed by atoms with Crippen LogP contribution >= 0.6 is 0 Å². The molecule has 0 radical (unpaired) electrons. The van der Waals surface area contributed by atoms with Crippen LogP contribution in [0.5, 0.6) is 0 Å². The molecule has 0 heterocycles. The molecule has 0 bridgehead atoms. The lowest BCUT2D eigenvalue weighted by molar-refractivity contribution is 0.139. The number of aliphatic hydroxyl groups is 2. The molecule has 5 heteroatoms. The van der Waals surface area contributed by atoms with Crippen molar-refractivity contribution in [1.29, 1.82) is 0 Å². The van der Waals surface area contributed by atoms with E-state index < -0.39 is 6.10 Å². The molecule has 0 aromatic rings. The van der Waals surface area contributed by atoms with Gasteiger partial charge >= 0.3 is 0 Å². The molecule has 0 rings (SSSR count). The highest BCUT2D eigenvalue weighted by molar-refractivity contribution is 4.57. The second-order valence-electron chi connectivity index (χ2n) is 1.58. The highest BCUT2D eigenvalue weighted by atomic mass is 16.3. The van der Waals surface area contributed by atoms with Gasteiger partial charge in [0.15, 0.2) is 0 Å². The molecule has 0 aromatic carbocycles. The third-order valence-electron chi connectivity index (χ3n) is 0.818. The SMILES string of the molecule is [N-]=[N+]=NC[C@@H](O)CCO. The summed E-state index contributed by atoms with van der Waals surface area (Å²) >= 11 is 0. The maximum Gasteiger partial charge on any atom is 0.0618 e. The van der Waals surface area contributed by atoms with Crippen molar-refractivity contribution in [2.45, 2.75) is 12.5 Å². The van der Waals surface area contributed by atoms with Crippen molar-refractivity contribution in [2.75, 3.05) is 13.2 Å². The summed E-state index contributed by atoms with van der Waals surface area (Å²) in [6, 6.07) is 0. The number of azide groups is 1. The second-order valence-corrected chi connectivity index (χ2v) is 1.58. The molecule has 0 saturated carbocycles. The minimum Gasteiger partial charge on any atom is -0.396 e. The van der Waals surface area contributed by atoms with Crippen molar-refractivity contribution < 1.29 is 10.2 Å². The lowest BCUT2D eigenvalue weighted by Gasteiger charge is -2.01. The molecule has 1 atom stereocenters. The first kappa shape index (κ1) is 8.23. The van der Waals surface area contributed by atoms with Crippen LogP contribution in [-0.4, -0.2) is 29.5 Å². The standard InChI is InChI=1S/C4H9N3O2/c5-7-6-3-4(9)1-2-8/h4,8-9H,1-3H2/t4-/m0/s1. The zero-order chi connectivity index (χ0) is 7.11. The van der Waals surface area contributed by atoms with Crippen LogP contribution in [0.3, 0.4) is 0 Å². The molecule has 0 aromatic heterocycles. The molecule has 0 aliphatic carbocycles. The van der Waals surface area contributed by atoms with Crippen molar-refractivity contribution in [3.63, 3.8) is 0 Å². The van der Waals surface area contributed by atoms with Crippen LogP contribution in [0.1, 0.15) is 6.42 Å². The molecule has 5 nitrogen and oxygen atoms in total. The van der Waals surface area contributed by atoms with Gasteiger partial charge in [-0.3, -0.25) is 0 Å². The van der Waals surface area contributed by atoms with Gasteiger partial charge in [0.25, 0.3) is 0 Å². The fraction of sp³-hybridized carbons (Fsp3) is 1.00. The molecule has 2 N–H and O–H groups in total. The van der Waals surface area contributed by atoms with Crippen LogP contribution in [0.15, 0.2) is 5.11 Å². The average molecular weight is 131 g/mol. The van der Waals surface area contributed by atoms with E-state index in [1.54, 1.807) is 0 Å². The van der Waals surface area contributed by atoms with Crippen LogP contribution in [0, 0.1) is 0 Å². The number of aliphatic hydroxyl groups excluding tert-OH is 2. The van der Waals surface area contributed by atoms with E-state index in [1.165, 1.54) is 0 Å². The van der Waals surface area contributed by atoms with E-state index in [0.29, 0.717) is 0 Å². The number of hydrogen-bond donors (Lipinski definition) is 2. The Bertz CT molecular complexity index is 110. The summed E-state index contributed by atoms with van der Waals surface area (Å²) in [5.41, 5.74) is 7.77. The Morgan fingerprint density at radius 2 is 2.33 bits per heavy atom. The molecule has 0 amide bonds. The smallest absolute Gasteiger partial charge is 0.0618 e. The third-order valence-corrected chi connectivity index (χ3v) is 0.818. The van der Waals surface area contributed by atoms with E-state index in [0.717, 1.165) is 0 Å². The molecule has 52 valence electrons. The van der Waals surface area contributed by atoms with E-state index in [2.05, 4.69) is 10.0 Å². The van der Waals surface area contributed by atoms with Gasteiger partial charge in [-0.05, 0) is 12.0 Å². The van der Waals surface area contributed by atoms with E-state index in [1.807, 2.05) is 0 Å². The molecule has 0 aliphatic rings. The molecule has 0 saturated heterocycles. The highest BCUT2D eigenvalue weighted by Gasteiger charge is 1.98. The highest BCUT2D eigenvalue weighted by Crippen LogP contribution is 1.89. The van der Waals surface area contributed by atoms with Gasteiger partial charge in [0, 0.05) is 11.5 Å². The Hall–Kier alpha value is -0.770. The van der Waals surface area contributed by atoms with Crippen LogP contribution in [-0.2, 0) is 0 Å². The predicted octanol–water partition coefficient (Wildman–Crippen LogP) is 0.0400. The van der Waals surface area contributed by atoms with Gasteiger partial charge in [0.2, 0.25) is 0 Å². The van der Waals surface area contributed by atoms with Gasteiger partial charge in [-0.25, -0.2) is 0 Å². The Kier molecular flexibility index (Phi) is 4.91. The first-order chi connectivity index (χ1) is 4.31. The van der Waals surface area contributed by atoms with Gasteiger partial charge < -0.3 is 10.2 Å². The summed E-state index contributed by atoms with van der Waals surface area (Å²) < 4.78 is 0. The Labute approximate surface area is 52.6 Å². The fourth-order valence-corrected chi connectivity index (χ4v) is 0.371. The molecule has 0 unspecified atom stereocenters. The lowest BCUT2D eigenvalue weighted by Crippen LogP contribution is -2.11. The number of rotatable bonds is 4. The molecule has 0 spiro atoms. The maximum atomic E-state index is 8.76. The van der Waals surface area contributed by atoms with Crippen molar-refractivity contribution in [3.8, 4) is 0 Å². The molecule has 0 aliphatic heterocycles. The Morgan fingerprint density at radius 1 is 1.67 bits per heavy atom. The first-order valence-corrected chi connectivity index (χ1v) is 2.61. The minimum atomic E-state index is -0.703. The van der Waals surface area contributed by atoms with Crippen LogP contribution < -0.4 is 0 Å². The van der Waals surface area contributed by atoms with Gasteiger partial charge in [-0.2, -0.15) is 0 Å². The summed E-state index contributed by atoms with van der Waals surface area (Å²) in [6.45, 7) is -0.0425. The van der Waals surface area contributed by atoms with Crippen molar-refractivity contribution in [2.24, 2.45) is 5.11 Å². The van der Waals surface area contributed by atoms with E-state index in [-0.39, 0.29) is 19.6 Å². The molecule has 9 heavy (non-hydrogen) atoms. The first-order valence-electron chi connectivity index (χ1n) is 2.61. The minimum absolute atomic E-state index is 0.0388. The maximum absolute atomic E-state index is 8.76. The Morgan fingerprint density at radius 3 is 2.78 bits per heavy atom.